The zero-order valence-electron chi connectivity index (χ0n) is 20.5. The summed E-state index contributed by atoms with van der Waals surface area (Å²) in [5.41, 5.74) is 3.01. The molecule has 7 heteroatoms. The Morgan fingerprint density at radius 1 is 1.26 bits per heavy atom. The van der Waals surface area contributed by atoms with E-state index in [9.17, 15) is 9.90 Å². The highest BCUT2D eigenvalue weighted by Crippen LogP contribution is 2.44. The average molecular weight is 484 g/mol. The summed E-state index contributed by atoms with van der Waals surface area (Å²) in [6, 6.07) is 6.51. The molecule has 6 nitrogen and oxygen atoms in total. The minimum Gasteiger partial charge on any atom is -0.393 e. The van der Waals surface area contributed by atoms with Crippen LogP contribution >= 0.6 is 11.3 Å². The quantitative estimate of drug-likeness (QED) is 0.692. The van der Waals surface area contributed by atoms with E-state index in [-0.39, 0.29) is 23.7 Å². The minimum atomic E-state index is -0.215. The van der Waals surface area contributed by atoms with E-state index >= 15 is 0 Å². The highest BCUT2D eigenvalue weighted by molar-refractivity contribution is 7.12. The molecular weight excluding hydrogens is 446 g/mol. The normalized spacial score (nSPS) is 24.7. The second-order valence-corrected chi connectivity index (χ2v) is 11.4. The van der Waals surface area contributed by atoms with Gasteiger partial charge in [0.2, 0.25) is 0 Å². The number of aryl methyl sites for hydroxylation is 1. The Bertz CT molecular complexity index is 989. The Morgan fingerprint density at radius 3 is 2.71 bits per heavy atom. The van der Waals surface area contributed by atoms with Crippen LogP contribution in [0, 0.1) is 0 Å². The summed E-state index contributed by atoms with van der Waals surface area (Å²) >= 11 is 1.98. The van der Waals surface area contributed by atoms with Gasteiger partial charge in [-0.1, -0.05) is 13.0 Å². The predicted molar refractivity (Wildman–Crippen MR) is 134 cm³/mol. The first kappa shape index (κ1) is 23.9. The van der Waals surface area contributed by atoms with Crippen LogP contribution in [-0.4, -0.2) is 64.7 Å². The zero-order chi connectivity index (χ0) is 23.7. The summed E-state index contributed by atoms with van der Waals surface area (Å²) < 4.78 is 6.42. The van der Waals surface area contributed by atoms with Gasteiger partial charge >= 0.3 is 0 Å². The van der Waals surface area contributed by atoms with E-state index in [1.54, 1.807) is 0 Å². The molecule has 34 heavy (non-hydrogen) atoms. The third-order valence-corrected chi connectivity index (χ3v) is 9.39. The van der Waals surface area contributed by atoms with Crippen molar-refractivity contribution >= 4 is 17.2 Å². The molecule has 1 amide bonds. The maximum Gasteiger partial charge on any atom is 0.272 e. The third-order valence-electron chi connectivity index (χ3n) is 8.05. The number of pyridine rings is 1. The van der Waals surface area contributed by atoms with E-state index < -0.39 is 0 Å². The number of aromatic nitrogens is 1. The fraction of sp³-hybridized carbons (Fsp3) is 0.630. The summed E-state index contributed by atoms with van der Waals surface area (Å²) in [5, 5.41) is 9.73. The van der Waals surface area contributed by atoms with Gasteiger partial charge in [0, 0.05) is 55.1 Å². The number of aliphatic hydroxyl groups excluding tert-OH is 1. The van der Waals surface area contributed by atoms with E-state index in [1.807, 2.05) is 41.6 Å². The topological polar surface area (TPSA) is 65.9 Å². The van der Waals surface area contributed by atoms with E-state index in [1.165, 1.54) is 15.3 Å². The number of likely N-dealkylation sites (tertiary alicyclic amines) is 1. The molecule has 1 saturated carbocycles. The van der Waals surface area contributed by atoms with Crippen LogP contribution in [0.3, 0.4) is 0 Å². The largest absolute Gasteiger partial charge is 0.393 e. The Balaban J connectivity index is 1.17. The molecule has 0 unspecified atom stereocenters. The molecule has 0 radical (unpaired) electrons. The van der Waals surface area contributed by atoms with Gasteiger partial charge in [0.15, 0.2) is 0 Å². The van der Waals surface area contributed by atoms with Crippen molar-refractivity contribution in [3.05, 3.63) is 51.0 Å². The van der Waals surface area contributed by atoms with Crippen molar-refractivity contribution in [1.29, 1.82) is 0 Å². The Morgan fingerprint density at radius 2 is 2.03 bits per heavy atom. The van der Waals surface area contributed by atoms with Crippen molar-refractivity contribution in [1.82, 2.24) is 14.8 Å². The van der Waals surface area contributed by atoms with Crippen LogP contribution in [0.2, 0.25) is 0 Å². The van der Waals surface area contributed by atoms with Crippen molar-refractivity contribution in [2.45, 2.75) is 82.6 Å². The molecule has 0 aromatic carbocycles. The summed E-state index contributed by atoms with van der Waals surface area (Å²) in [5.74, 6) is -0.0275. The minimum absolute atomic E-state index is 0.0275. The second-order valence-electron chi connectivity index (χ2n) is 10.2. The van der Waals surface area contributed by atoms with Crippen LogP contribution in [0.1, 0.15) is 76.8 Å². The molecule has 0 bridgehead atoms. The Hall–Kier alpha value is -1.80. The standard InChI is InChI=1S/C27H37N3O3S/c1-3-22-16-23-25(34-22)10-15-33-27(23)11-13-30(14-12-27)18-19-4-9-24(28-17-19)26(32)29(2)20-5-7-21(31)8-6-20/h4,9,16-17,20-21,31H,3,5-8,10-15,18H2,1-2H3/t20-,21-. The lowest BCUT2D eigenvalue weighted by molar-refractivity contribution is -0.0981. The van der Waals surface area contributed by atoms with E-state index in [2.05, 4.69) is 22.9 Å². The predicted octanol–water partition coefficient (Wildman–Crippen LogP) is 4.15. The first-order valence-corrected chi connectivity index (χ1v) is 13.7. The number of fused-ring (bicyclic) bond motifs is 2. The van der Waals surface area contributed by atoms with Gasteiger partial charge in [-0.25, -0.2) is 0 Å². The van der Waals surface area contributed by atoms with Gasteiger partial charge in [-0.15, -0.1) is 11.3 Å². The van der Waals surface area contributed by atoms with Gasteiger partial charge < -0.3 is 14.7 Å². The first-order valence-electron chi connectivity index (χ1n) is 12.9. The zero-order valence-corrected chi connectivity index (χ0v) is 21.3. The molecule has 184 valence electrons. The van der Waals surface area contributed by atoms with Crippen LogP contribution < -0.4 is 0 Å². The Kier molecular flexibility index (Phi) is 7.07. The molecule has 2 aromatic rings. The summed E-state index contributed by atoms with van der Waals surface area (Å²) in [6.45, 7) is 5.94. The van der Waals surface area contributed by atoms with Gasteiger partial charge in [-0.2, -0.15) is 0 Å². The van der Waals surface area contributed by atoms with Gasteiger partial charge in [0.25, 0.3) is 5.91 Å². The molecule has 3 aliphatic rings. The molecule has 2 aliphatic heterocycles. The molecule has 1 aliphatic carbocycles. The molecule has 1 saturated heterocycles. The summed E-state index contributed by atoms with van der Waals surface area (Å²) in [7, 11) is 1.86. The van der Waals surface area contributed by atoms with Crippen molar-refractivity contribution in [2.24, 2.45) is 0 Å². The van der Waals surface area contributed by atoms with Crippen LogP contribution in [0.15, 0.2) is 24.4 Å². The monoisotopic (exact) mass is 483 g/mol. The number of carbonyl (C=O) groups excluding carboxylic acids is 1. The SMILES string of the molecule is CCc1cc2c(s1)CCOC21CCN(Cc2ccc(C(=O)N(C)[C@H]3CC[C@H](O)CC3)nc2)CC1. The van der Waals surface area contributed by atoms with Crippen LogP contribution in [0.25, 0.3) is 0 Å². The number of carbonyl (C=O) groups is 1. The van der Waals surface area contributed by atoms with E-state index in [0.29, 0.717) is 5.69 Å². The number of thiophene rings is 1. The summed E-state index contributed by atoms with van der Waals surface area (Å²) in [4.78, 5) is 24.7. The maximum absolute atomic E-state index is 12.9. The fourth-order valence-electron chi connectivity index (χ4n) is 5.83. The Labute approximate surface area is 206 Å². The molecule has 5 rings (SSSR count). The van der Waals surface area contributed by atoms with Gasteiger partial charge in [-0.05, 0) is 68.2 Å². The highest BCUT2D eigenvalue weighted by atomic mass is 32.1. The van der Waals surface area contributed by atoms with Crippen LogP contribution in [0.4, 0.5) is 0 Å². The van der Waals surface area contributed by atoms with Gasteiger partial charge in [-0.3, -0.25) is 14.7 Å². The van der Waals surface area contributed by atoms with Crippen molar-refractivity contribution in [3.63, 3.8) is 0 Å². The third kappa shape index (κ3) is 4.81. The number of aliphatic hydroxyl groups is 1. The molecule has 1 spiro atoms. The van der Waals surface area contributed by atoms with Crippen molar-refractivity contribution in [2.75, 3.05) is 26.7 Å². The van der Waals surface area contributed by atoms with Crippen molar-refractivity contribution < 1.29 is 14.6 Å². The lowest BCUT2D eigenvalue weighted by Crippen LogP contribution is -2.45. The number of piperidine rings is 1. The first-order chi connectivity index (χ1) is 16.5. The average Bonchev–Trinajstić information content (AvgIpc) is 3.31. The molecule has 2 aromatic heterocycles. The lowest BCUT2D eigenvalue weighted by atomic mass is 9.82. The van der Waals surface area contributed by atoms with Gasteiger partial charge in [0.1, 0.15) is 5.69 Å². The number of nitrogens with zero attached hydrogens (tertiary/aromatic N) is 3. The van der Waals surface area contributed by atoms with Gasteiger partial charge in [0.05, 0.1) is 18.3 Å². The van der Waals surface area contributed by atoms with Crippen LogP contribution in [-0.2, 0) is 29.7 Å². The number of amides is 1. The molecule has 2 fully saturated rings. The summed E-state index contributed by atoms with van der Waals surface area (Å²) in [6.07, 6.45) is 9.11. The second kappa shape index (κ2) is 10.1. The number of hydrogen-bond acceptors (Lipinski definition) is 6. The van der Waals surface area contributed by atoms with E-state index in [0.717, 1.165) is 83.2 Å². The smallest absolute Gasteiger partial charge is 0.272 e. The molecular formula is C27H37N3O3S. The molecule has 4 heterocycles. The molecule has 0 atom stereocenters. The lowest BCUT2D eigenvalue weighted by Gasteiger charge is -2.44. The van der Waals surface area contributed by atoms with Crippen LogP contribution in [0.5, 0.6) is 0 Å². The van der Waals surface area contributed by atoms with Crippen molar-refractivity contribution in [3.8, 4) is 0 Å². The number of hydrogen-bond donors (Lipinski definition) is 1. The van der Waals surface area contributed by atoms with E-state index in [4.69, 9.17) is 4.74 Å². The number of rotatable bonds is 5. The fourth-order valence-corrected chi connectivity index (χ4v) is 7.01. The number of ether oxygens (including phenoxy) is 1. The maximum atomic E-state index is 12.9. The highest BCUT2D eigenvalue weighted by Gasteiger charge is 2.41. The molecule has 1 N–H and O–H groups in total.